The van der Waals surface area contributed by atoms with Gasteiger partial charge in [0.25, 0.3) is 11.8 Å². The van der Waals surface area contributed by atoms with Crippen LogP contribution in [-0.2, 0) is 4.79 Å². The molecule has 1 aliphatic rings. The van der Waals surface area contributed by atoms with Gasteiger partial charge in [-0.25, -0.2) is 9.99 Å². The molecule has 1 saturated heterocycles. The van der Waals surface area contributed by atoms with Gasteiger partial charge < -0.3 is 0 Å². The number of carbonyl (C=O) groups excluding carboxylic acids is 2. The number of nitrogens with one attached hydrogen (secondary N) is 1. The van der Waals surface area contributed by atoms with Gasteiger partial charge in [0.1, 0.15) is 16.7 Å². The molecule has 1 aromatic carbocycles. The van der Waals surface area contributed by atoms with E-state index in [2.05, 4.69) is 10.4 Å². The van der Waals surface area contributed by atoms with Gasteiger partial charge in [-0.05, 0) is 31.5 Å². The third-order valence-electron chi connectivity index (χ3n) is 4.37. The van der Waals surface area contributed by atoms with Crippen LogP contribution in [0.2, 0.25) is 0 Å². The van der Waals surface area contributed by atoms with Gasteiger partial charge in [0, 0.05) is 6.20 Å². The molecule has 3 heterocycles. The Labute approximate surface area is 155 Å². The van der Waals surface area contributed by atoms with Crippen molar-refractivity contribution in [2.24, 2.45) is 0 Å². The largest absolute Gasteiger partial charge is 0.295 e. The molecule has 0 aliphatic carbocycles. The van der Waals surface area contributed by atoms with Crippen molar-refractivity contribution in [1.29, 1.82) is 0 Å². The summed E-state index contributed by atoms with van der Waals surface area (Å²) in [6.45, 7) is 3.81. The van der Waals surface area contributed by atoms with Crippen LogP contribution in [0.15, 0.2) is 48.7 Å². The first kappa shape index (κ1) is 16.7. The molecule has 26 heavy (non-hydrogen) atoms. The SMILES string of the molecule is Cc1ccc(C2SCC(=O)N2NC(=O)c2c(C)nc3ccccn23)cc1. The number of hydrogen-bond acceptors (Lipinski definition) is 4. The second kappa shape index (κ2) is 6.49. The molecule has 1 unspecified atom stereocenters. The number of nitrogens with zero attached hydrogens (tertiary/aromatic N) is 3. The van der Waals surface area contributed by atoms with E-state index in [1.165, 1.54) is 16.8 Å². The molecule has 6 nitrogen and oxygen atoms in total. The number of aromatic nitrogens is 2. The first-order valence-electron chi connectivity index (χ1n) is 8.29. The molecule has 2 aromatic heterocycles. The minimum atomic E-state index is -0.339. The third kappa shape index (κ3) is 2.84. The van der Waals surface area contributed by atoms with E-state index in [-0.39, 0.29) is 17.2 Å². The minimum Gasteiger partial charge on any atom is -0.295 e. The number of rotatable bonds is 3. The fourth-order valence-corrected chi connectivity index (χ4v) is 4.18. The van der Waals surface area contributed by atoms with Crippen LogP contribution in [0.25, 0.3) is 5.65 Å². The number of hydrogen-bond donors (Lipinski definition) is 1. The number of aryl methyl sites for hydroxylation is 2. The third-order valence-corrected chi connectivity index (χ3v) is 5.58. The van der Waals surface area contributed by atoms with E-state index >= 15 is 0 Å². The zero-order valence-electron chi connectivity index (χ0n) is 14.5. The molecule has 132 valence electrons. The smallest absolute Gasteiger partial charge is 0.288 e. The van der Waals surface area contributed by atoms with E-state index in [9.17, 15) is 9.59 Å². The molecule has 1 fully saturated rings. The molecule has 0 spiro atoms. The Morgan fingerprint density at radius 3 is 2.73 bits per heavy atom. The van der Waals surface area contributed by atoms with Crippen LogP contribution in [0.5, 0.6) is 0 Å². The lowest BCUT2D eigenvalue weighted by Gasteiger charge is -2.24. The number of carbonyl (C=O) groups is 2. The number of pyridine rings is 1. The summed E-state index contributed by atoms with van der Waals surface area (Å²) < 4.78 is 1.74. The lowest BCUT2D eigenvalue weighted by atomic mass is 10.1. The van der Waals surface area contributed by atoms with Gasteiger partial charge in [-0.2, -0.15) is 0 Å². The topological polar surface area (TPSA) is 66.7 Å². The van der Waals surface area contributed by atoms with Crippen molar-refractivity contribution >= 4 is 29.2 Å². The second-order valence-electron chi connectivity index (χ2n) is 6.25. The molecule has 0 radical (unpaired) electrons. The van der Waals surface area contributed by atoms with Crippen LogP contribution in [0.1, 0.15) is 32.7 Å². The number of amides is 2. The Morgan fingerprint density at radius 2 is 1.96 bits per heavy atom. The fraction of sp³-hybridized carbons (Fsp3) is 0.211. The number of benzene rings is 1. The van der Waals surface area contributed by atoms with E-state index < -0.39 is 0 Å². The van der Waals surface area contributed by atoms with Crippen LogP contribution in [0.3, 0.4) is 0 Å². The van der Waals surface area contributed by atoms with Gasteiger partial charge in [0.05, 0.1) is 11.4 Å². The van der Waals surface area contributed by atoms with Crippen molar-refractivity contribution in [3.05, 3.63) is 71.2 Å². The molecular weight excluding hydrogens is 348 g/mol. The maximum atomic E-state index is 12.9. The van der Waals surface area contributed by atoms with Gasteiger partial charge in [-0.3, -0.25) is 19.4 Å². The van der Waals surface area contributed by atoms with E-state index in [1.807, 2.05) is 49.4 Å². The second-order valence-corrected chi connectivity index (χ2v) is 7.32. The molecule has 1 atom stereocenters. The predicted octanol–water partition coefficient (Wildman–Crippen LogP) is 2.87. The Kier molecular flexibility index (Phi) is 4.16. The van der Waals surface area contributed by atoms with Gasteiger partial charge >= 0.3 is 0 Å². The highest BCUT2D eigenvalue weighted by Crippen LogP contribution is 2.37. The molecular formula is C19H18N4O2S. The number of thioether (sulfide) groups is 1. The first-order valence-corrected chi connectivity index (χ1v) is 9.34. The van der Waals surface area contributed by atoms with Crippen molar-refractivity contribution in [2.75, 3.05) is 5.75 Å². The maximum absolute atomic E-state index is 12.9. The highest BCUT2D eigenvalue weighted by Gasteiger charge is 2.35. The molecule has 3 aromatic rings. The van der Waals surface area contributed by atoms with Gasteiger partial charge in [-0.15, -0.1) is 11.8 Å². The highest BCUT2D eigenvalue weighted by atomic mass is 32.2. The van der Waals surface area contributed by atoms with Crippen LogP contribution in [-0.4, -0.2) is 32.0 Å². The average molecular weight is 366 g/mol. The molecule has 4 rings (SSSR count). The van der Waals surface area contributed by atoms with Crippen molar-refractivity contribution in [2.45, 2.75) is 19.2 Å². The molecule has 1 N–H and O–H groups in total. The quantitative estimate of drug-likeness (QED) is 0.774. The van der Waals surface area contributed by atoms with Crippen molar-refractivity contribution < 1.29 is 9.59 Å². The summed E-state index contributed by atoms with van der Waals surface area (Å²) in [6, 6.07) is 13.6. The lowest BCUT2D eigenvalue weighted by Crippen LogP contribution is -2.45. The number of hydrazine groups is 1. The normalized spacial score (nSPS) is 17.1. The zero-order chi connectivity index (χ0) is 18.3. The van der Waals surface area contributed by atoms with Crippen LogP contribution in [0.4, 0.5) is 0 Å². The van der Waals surface area contributed by atoms with Crippen molar-refractivity contribution in [1.82, 2.24) is 19.8 Å². The number of imidazole rings is 1. The summed E-state index contributed by atoms with van der Waals surface area (Å²) in [5.41, 5.74) is 6.69. The van der Waals surface area contributed by atoms with E-state index in [0.717, 1.165) is 11.1 Å². The summed E-state index contributed by atoms with van der Waals surface area (Å²) in [6.07, 6.45) is 1.79. The fourth-order valence-electron chi connectivity index (χ4n) is 3.07. The highest BCUT2D eigenvalue weighted by molar-refractivity contribution is 8.00. The molecule has 0 bridgehead atoms. The monoisotopic (exact) mass is 366 g/mol. The minimum absolute atomic E-state index is 0.111. The van der Waals surface area contributed by atoms with Crippen molar-refractivity contribution in [3.63, 3.8) is 0 Å². The van der Waals surface area contributed by atoms with Gasteiger partial charge in [0.2, 0.25) is 0 Å². The van der Waals surface area contributed by atoms with E-state index in [1.54, 1.807) is 17.5 Å². The summed E-state index contributed by atoms with van der Waals surface area (Å²) in [5, 5.41) is 1.20. The van der Waals surface area contributed by atoms with Gasteiger partial charge in [0.15, 0.2) is 0 Å². The van der Waals surface area contributed by atoms with E-state index in [0.29, 0.717) is 22.8 Å². The number of fused-ring (bicyclic) bond motifs is 1. The summed E-state index contributed by atoms with van der Waals surface area (Å²) >= 11 is 1.50. The predicted molar refractivity (Wildman–Crippen MR) is 101 cm³/mol. The van der Waals surface area contributed by atoms with Crippen molar-refractivity contribution in [3.8, 4) is 0 Å². The van der Waals surface area contributed by atoms with E-state index in [4.69, 9.17) is 0 Å². The lowest BCUT2D eigenvalue weighted by molar-refractivity contribution is -0.130. The van der Waals surface area contributed by atoms with Crippen LogP contribution >= 0.6 is 11.8 Å². The Morgan fingerprint density at radius 1 is 1.19 bits per heavy atom. The summed E-state index contributed by atoms with van der Waals surface area (Å²) in [5.74, 6) is -0.111. The summed E-state index contributed by atoms with van der Waals surface area (Å²) in [7, 11) is 0. The maximum Gasteiger partial charge on any atom is 0.288 e. The molecule has 1 aliphatic heterocycles. The Balaban J connectivity index is 1.63. The zero-order valence-corrected chi connectivity index (χ0v) is 15.3. The molecule has 7 heteroatoms. The molecule has 2 amide bonds. The Hall–Kier alpha value is -2.80. The Bertz CT molecular complexity index is 996. The van der Waals surface area contributed by atoms with Crippen LogP contribution in [0, 0.1) is 13.8 Å². The standard InChI is InChI=1S/C19H18N4O2S/c1-12-6-8-14(9-7-12)19-23(16(24)11-26-19)21-18(25)17-13(2)20-15-5-3-4-10-22(15)17/h3-10,19H,11H2,1-2H3,(H,21,25). The molecule has 0 saturated carbocycles. The first-order chi connectivity index (χ1) is 12.5. The van der Waals surface area contributed by atoms with Crippen LogP contribution < -0.4 is 5.43 Å². The summed E-state index contributed by atoms with van der Waals surface area (Å²) in [4.78, 5) is 29.7. The van der Waals surface area contributed by atoms with Gasteiger partial charge in [-0.1, -0.05) is 35.9 Å². The average Bonchev–Trinajstić information content (AvgIpc) is 3.15.